The molecule has 21 heavy (non-hydrogen) atoms. The van der Waals surface area contributed by atoms with Crippen molar-refractivity contribution in [2.75, 3.05) is 13.1 Å². The van der Waals surface area contributed by atoms with Gasteiger partial charge >= 0.3 is 5.69 Å². The van der Waals surface area contributed by atoms with Gasteiger partial charge in [0.2, 0.25) is 0 Å². The Kier molecular flexibility index (Phi) is 3.76. The van der Waals surface area contributed by atoms with E-state index >= 15 is 0 Å². The highest BCUT2D eigenvalue weighted by atomic mass is 16.3. The zero-order valence-electron chi connectivity index (χ0n) is 12.7. The van der Waals surface area contributed by atoms with E-state index in [1.807, 2.05) is 6.07 Å². The van der Waals surface area contributed by atoms with Crippen LogP contribution in [0.1, 0.15) is 26.7 Å². The molecule has 0 amide bonds. The first-order valence-electron chi connectivity index (χ1n) is 7.71. The van der Waals surface area contributed by atoms with Gasteiger partial charge in [-0.3, -0.25) is 4.57 Å². The van der Waals surface area contributed by atoms with Gasteiger partial charge < -0.3 is 15.0 Å². The Morgan fingerprint density at radius 2 is 2.24 bits per heavy atom. The monoisotopic (exact) mass is 289 g/mol. The summed E-state index contributed by atoms with van der Waals surface area (Å²) in [5.41, 5.74) is 1.20. The summed E-state index contributed by atoms with van der Waals surface area (Å²) in [7, 11) is 0. The summed E-state index contributed by atoms with van der Waals surface area (Å²) in [5, 5.41) is 10.0. The number of phenolic OH excluding ortho intramolecular Hbond substituents is 1. The third-order valence-corrected chi connectivity index (χ3v) is 4.49. The number of aromatic amines is 1. The molecule has 0 aliphatic carbocycles. The van der Waals surface area contributed by atoms with Crippen LogP contribution in [-0.2, 0) is 6.54 Å². The van der Waals surface area contributed by atoms with E-state index in [4.69, 9.17) is 0 Å². The molecule has 0 bridgehead atoms. The van der Waals surface area contributed by atoms with Crippen molar-refractivity contribution in [1.29, 1.82) is 0 Å². The number of nitrogens with zero attached hydrogens (tertiary/aromatic N) is 2. The van der Waals surface area contributed by atoms with E-state index < -0.39 is 0 Å². The molecule has 3 rings (SSSR count). The predicted octanol–water partition coefficient (Wildman–Crippen LogP) is 2.16. The van der Waals surface area contributed by atoms with Crippen LogP contribution in [0.4, 0.5) is 0 Å². The molecule has 0 saturated carbocycles. The minimum atomic E-state index is -0.131. The molecule has 5 heteroatoms. The molecule has 1 atom stereocenters. The van der Waals surface area contributed by atoms with Crippen LogP contribution in [0.2, 0.25) is 0 Å². The van der Waals surface area contributed by atoms with E-state index in [2.05, 4.69) is 23.7 Å². The first-order valence-corrected chi connectivity index (χ1v) is 7.71. The molecular weight excluding hydrogens is 266 g/mol. The van der Waals surface area contributed by atoms with Crippen LogP contribution in [0.3, 0.4) is 0 Å². The fourth-order valence-electron chi connectivity index (χ4n) is 3.35. The van der Waals surface area contributed by atoms with Gasteiger partial charge in [-0.15, -0.1) is 0 Å². The number of imidazole rings is 1. The van der Waals surface area contributed by atoms with Crippen LogP contribution < -0.4 is 5.69 Å². The molecule has 1 fully saturated rings. The molecule has 1 aliphatic rings. The number of aromatic hydroxyl groups is 1. The van der Waals surface area contributed by atoms with Gasteiger partial charge in [-0.1, -0.05) is 6.07 Å². The quantitative estimate of drug-likeness (QED) is 0.910. The highest BCUT2D eigenvalue weighted by Gasteiger charge is 2.23. The van der Waals surface area contributed by atoms with E-state index in [-0.39, 0.29) is 11.4 Å². The maximum absolute atomic E-state index is 12.2. The average molecular weight is 289 g/mol. The molecule has 2 heterocycles. The normalized spacial score (nSPS) is 20.4. The second-order valence-corrected chi connectivity index (χ2v) is 6.31. The Balaban J connectivity index is 1.88. The molecule has 2 N–H and O–H groups in total. The molecule has 1 unspecified atom stereocenters. The third-order valence-electron chi connectivity index (χ3n) is 4.49. The van der Waals surface area contributed by atoms with Crippen molar-refractivity contribution in [1.82, 2.24) is 14.5 Å². The van der Waals surface area contributed by atoms with Crippen LogP contribution in [0.15, 0.2) is 23.0 Å². The van der Waals surface area contributed by atoms with E-state index in [1.54, 1.807) is 16.7 Å². The molecule has 0 radical (unpaired) electrons. The zero-order valence-corrected chi connectivity index (χ0v) is 12.7. The van der Waals surface area contributed by atoms with Crippen LogP contribution in [0.25, 0.3) is 11.0 Å². The minimum Gasteiger partial charge on any atom is -0.506 e. The Hall–Kier alpha value is -1.75. The highest BCUT2D eigenvalue weighted by Crippen LogP contribution is 2.25. The number of hydrogen-bond donors (Lipinski definition) is 2. The van der Waals surface area contributed by atoms with E-state index in [1.165, 1.54) is 6.42 Å². The predicted molar refractivity (Wildman–Crippen MR) is 83.7 cm³/mol. The van der Waals surface area contributed by atoms with Gasteiger partial charge in [-0.25, -0.2) is 4.79 Å². The van der Waals surface area contributed by atoms with Gasteiger partial charge in [0.05, 0.1) is 5.52 Å². The fraction of sp³-hybridized carbons (Fsp3) is 0.562. The fourth-order valence-corrected chi connectivity index (χ4v) is 3.35. The molecule has 1 aromatic heterocycles. The third kappa shape index (κ3) is 2.70. The van der Waals surface area contributed by atoms with E-state index in [9.17, 15) is 9.90 Å². The zero-order chi connectivity index (χ0) is 15.0. The topological polar surface area (TPSA) is 61.3 Å². The first-order chi connectivity index (χ1) is 10.1. The lowest BCUT2D eigenvalue weighted by atomic mass is 9.97. The molecule has 5 nitrogen and oxygen atoms in total. The van der Waals surface area contributed by atoms with Crippen molar-refractivity contribution in [3.8, 4) is 5.75 Å². The van der Waals surface area contributed by atoms with Crippen molar-refractivity contribution >= 4 is 11.0 Å². The summed E-state index contributed by atoms with van der Waals surface area (Å²) < 4.78 is 1.69. The number of benzene rings is 1. The maximum Gasteiger partial charge on any atom is 0.326 e. The van der Waals surface area contributed by atoms with E-state index in [0.29, 0.717) is 29.5 Å². The van der Waals surface area contributed by atoms with E-state index in [0.717, 1.165) is 19.5 Å². The number of rotatable bonds is 3. The van der Waals surface area contributed by atoms with Crippen molar-refractivity contribution in [3.63, 3.8) is 0 Å². The summed E-state index contributed by atoms with van der Waals surface area (Å²) in [5.74, 6) is 0.625. The number of likely N-dealkylation sites (tertiary alicyclic amines) is 1. The van der Waals surface area contributed by atoms with Crippen molar-refractivity contribution in [2.45, 2.75) is 39.3 Å². The summed E-state index contributed by atoms with van der Waals surface area (Å²) in [6.45, 7) is 7.25. The summed E-state index contributed by atoms with van der Waals surface area (Å²) in [4.78, 5) is 17.5. The van der Waals surface area contributed by atoms with Crippen LogP contribution in [0.5, 0.6) is 5.75 Å². The molecule has 1 saturated heterocycles. The SMILES string of the molecule is CC(C)N1CCCC(Cn2c(=O)[nH]c3cccc(O)c32)C1. The van der Waals surface area contributed by atoms with Gasteiger partial charge in [0.1, 0.15) is 11.3 Å². The number of para-hydroxylation sites is 1. The van der Waals surface area contributed by atoms with Crippen molar-refractivity contribution in [3.05, 3.63) is 28.7 Å². The maximum atomic E-state index is 12.2. The average Bonchev–Trinajstić information content (AvgIpc) is 2.77. The van der Waals surface area contributed by atoms with Crippen LogP contribution in [-0.4, -0.2) is 38.7 Å². The standard InChI is InChI=1S/C16H23N3O2/c1-11(2)18-8-4-5-12(9-18)10-19-15-13(17-16(19)21)6-3-7-14(15)20/h3,6-7,11-12,20H,4-5,8-10H2,1-2H3,(H,17,21). The van der Waals surface area contributed by atoms with Crippen LogP contribution >= 0.6 is 0 Å². The second-order valence-electron chi connectivity index (χ2n) is 6.31. The minimum absolute atomic E-state index is 0.131. The first kappa shape index (κ1) is 14.2. The molecule has 114 valence electrons. The molecule has 1 aliphatic heterocycles. The van der Waals surface area contributed by atoms with Crippen molar-refractivity contribution < 1.29 is 5.11 Å². The number of H-pyrrole nitrogens is 1. The van der Waals surface area contributed by atoms with Gasteiger partial charge in [-0.05, 0) is 51.3 Å². The highest BCUT2D eigenvalue weighted by molar-refractivity contribution is 5.81. The van der Waals surface area contributed by atoms with Gasteiger partial charge in [0, 0.05) is 19.1 Å². The van der Waals surface area contributed by atoms with Crippen molar-refractivity contribution in [2.24, 2.45) is 5.92 Å². The molecule has 1 aromatic carbocycles. The number of fused-ring (bicyclic) bond motifs is 1. The Bertz CT molecular complexity index is 686. The number of aromatic nitrogens is 2. The van der Waals surface area contributed by atoms with Gasteiger partial charge in [-0.2, -0.15) is 0 Å². The lowest BCUT2D eigenvalue weighted by molar-refractivity contribution is 0.131. The Morgan fingerprint density at radius 3 is 3.00 bits per heavy atom. The number of nitrogens with one attached hydrogen (secondary N) is 1. The lowest BCUT2D eigenvalue weighted by Gasteiger charge is -2.35. The van der Waals surface area contributed by atoms with Gasteiger partial charge in [0.25, 0.3) is 0 Å². The summed E-state index contributed by atoms with van der Waals surface area (Å²) in [6.07, 6.45) is 2.31. The summed E-state index contributed by atoms with van der Waals surface area (Å²) >= 11 is 0. The number of piperidine rings is 1. The molecule has 2 aromatic rings. The molecular formula is C16H23N3O2. The van der Waals surface area contributed by atoms with Crippen LogP contribution in [0, 0.1) is 5.92 Å². The number of hydrogen-bond acceptors (Lipinski definition) is 3. The summed E-state index contributed by atoms with van der Waals surface area (Å²) in [6, 6.07) is 5.75. The number of phenols is 1. The Labute approximate surface area is 124 Å². The second kappa shape index (κ2) is 5.56. The Morgan fingerprint density at radius 1 is 1.43 bits per heavy atom. The lowest BCUT2D eigenvalue weighted by Crippen LogP contribution is -2.41. The molecule has 0 spiro atoms. The largest absolute Gasteiger partial charge is 0.506 e. The van der Waals surface area contributed by atoms with Gasteiger partial charge in [0.15, 0.2) is 0 Å². The smallest absolute Gasteiger partial charge is 0.326 e.